The van der Waals surface area contributed by atoms with Gasteiger partial charge in [-0.25, -0.2) is 0 Å². The van der Waals surface area contributed by atoms with Crippen LogP contribution in [-0.4, -0.2) is 28.0 Å². The molecule has 0 unspecified atom stereocenters. The van der Waals surface area contributed by atoms with Crippen LogP contribution < -0.4 is 5.32 Å². The molecule has 0 aliphatic heterocycles. The number of hydrogen-bond donors (Lipinski definition) is 3. The first-order valence-electron chi connectivity index (χ1n) is 5.44. The number of amides is 1. The van der Waals surface area contributed by atoms with E-state index in [1.807, 2.05) is 0 Å². The maximum Gasteiger partial charge on any atom is 0.306 e. The van der Waals surface area contributed by atoms with Gasteiger partial charge in [0.25, 0.3) is 5.91 Å². The van der Waals surface area contributed by atoms with Crippen LogP contribution in [0.15, 0.2) is 16.7 Å². The van der Waals surface area contributed by atoms with E-state index in [0.29, 0.717) is 18.5 Å². The highest BCUT2D eigenvalue weighted by molar-refractivity contribution is 9.10. The van der Waals surface area contributed by atoms with Crippen LogP contribution in [0.1, 0.15) is 29.8 Å². The Morgan fingerprint density at radius 3 is 2.76 bits per heavy atom. The molecule has 1 aliphatic carbocycles. The molecule has 1 aromatic heterocycles. The summed E-state index contributed by atoms with van der Waals surface area (Å²) in [5.41, 5.74) is 0.482. The van der Waals surface area contributed by atoms with Crippen LogP contribution in [0.2, 0.25) is 0 Å². The van der Waals surface area contributed by atoms with Gasteiger partial charge in [0.1, 0.15) is 5.69 Å². The van der Waals surface area contributed by atoms with Crippen molar-refractivity contribution in [3.8, 4) is 0 Å². The molecule has 1 aromatic rings. The van der Waals surface area contributed by atoms with Crippen LogP contribution in [0, 0.1) is 5.92 Å². The third-order valence-corrected chi connectivity index (χ3v) is 3.47. The lowest BCUT2D eigenvalue weighted by molar-refractivity contribution is -0.141. The zero-order valence-corrected chi connectivity index (χ0v) is 10.7. The third-order valence-electron chi connectivity index (χ3n) is 3.01. The molecule has 3 N–H and O–H groups in total. The fraction of sp³-hybridized carbons (Fsp3) is 0.455. The molecule has 2 rings (SSSR count). The number of aromatic nitrogens is 1. The lowest BCUT2D eigenvalue weighted by Gasteiger charge is -2.11. The first-order valence-corrected chi connectivity index (χ1v) is 6.23. The molecule has 1 fully saturated rings. The maximum atomic E-state index is 11.8. The maximum absolute atomic E-state index is 11.8. The molecule has 1 amide bonds. The van der Waals surface area contributed by atoms with Crippen LogP contribution in [0.4, 0.5) is 0 Å². The summed E-state index contributed by atoms with van der Waals surface area (Å²) in [6.07, 6.45) is 3.56. The molecule has 2 atom stereocenters. The molecule has 0 saturated heterocycles. The van der Waals surface area contributed by atoms with E-state index in [1.54, 1.807) is 12.3 Å². The zero-order chi connectivity index (χ0) is 12.4. The minimum absolute atomic E-state index is 0.0364. The Morgan fingerprint density at radius 1 is 1.47 bits per heavy atom. The first-order chi connectivity index (χ1) is 8.06. The highest BCUT2D eigenvalue weighted by atomic mass is 79.9. The average Bonchev–Trinajstić information content (AvgIpc) is 2.86. The number of aromatic amines is 1. The Bertz CT molecular complexity index is 444. The molecule has 1 heterocycles. The fourth-order valence-electron chi connectivity index (χ4n) is 2.10. The topological polar surface area (TPSA) is 82.2 Å². The number of carbonyl (C=O) groups excluding carboxylic acids is 1. The number of carboxylic acids is 1. The summed E-state index contributed by atoms with van der Waals surface area (Å²) in [6, 6.07) is 1.66. The molecule has 92 valence electrons. The van der Waals surface area contributed by atoms with E-state index in [4.69, 9.17) is 5.11 Å². The van der Waals surface area contributed by atoms with Crippen LogP contribution in [0.25, 0.3) is 0 Å². The molecule has 1 saturated carbocycles. The number of carbonyl (C=O) groups is 2. The van der Waals surface area contributed by atoms with Gasteiger partial charge >= 0.3 is 5.97 Å². The predicted molar refractivity (Wildman–Crippen MR) is 64.7 cm³/mol. The van der Waals surface area contributed by atoms with Gasteiger partial charge < -0.3 is 15.4 Å². The van der Waals surface area contributed by atoms with Crippen molar-refractivity contribution in [2.24, 2.45) is 5.92 Å². The summed E-state index contributed by atoms with van der Waals surface area (Å²) in [5, 5.41) is 11.7. The first kappa shape index (κ1) is 12.2. The molecule has 0 radical (unpaired) electrons. The van der Waals surface area contributed by atoms with Gasteiger partial charge in [0.15, 0.2) is 0 Å². The van der Waals surface area contributed by atoms with E-state index in [0.717, 1.165) is 10.9 Å². The lowest BCUT2D eigenvalue weighted by Crippen LogP contribution is -2.33. The van der Waals surface area contributed by atoms with Crippen LogP contribution in [0.5, 0.6) is 0 Å². The van der Waals surface area contributed by atoms with Crippen LogP contribution >= 0.6 is 15.9 Å². The predicted octanol–water partition coefficient (Wildman–Crippen LogP) is 1.76. The van der Waals surface area contributed by atoms with E-state index in [2.05, 4.69) is 26.2 Å². The van der Waals surface area contributed by atoms with Gasteiger partial charge in [0, 0.05) is 16.7 Å². The van der Waals surface area contributed by atoms with Crippen molar-refractivity contribution in [3.05, 3.63) is 22.4 Å². The molecule has 5 nitrogen and oxygen atoms in total. The van der Waals surface area contributed by atoms with Gasteiger partial charge in [-0.3, -0.25) is 9.59 Å². The number of aliphatic carboxylic acids is 1. The van der Waals surface area contributed by atoms with Gasteiger partial charge in [-0.05, 0) is 41.3 Å². The van der Waals surface area contributed by atoms with Crippen LogP contribution in [-0.2, 0) is 4.79 Å². The highest BCUT2D eigenvalue weighted by Crippen LogP contribution is 2.25. The smallest absolute Gasteiger partial charge is 0.306 e. The van der Waals surface area contributed by atoms with E-state index >= 15 is 0 Å². The summed E-state index contributed by atoms with van der Waals surface area (Å²) in [6.45, 7) is 0. The van der Waals surface area contributed by atoms with Crippen molar-refractivity contribution >= 4 is 27.8 Å². The SMILES string of the molecule is O=C(N[C@H]1CC[C@@H](C(=O)O)C1)c1cc(Br)c[nH]1. The Morgan fingerprint density at radius 2 is 2.24 bits per heavy atom. The molecule has 6 heteroatoms. The second-order valence-electron chi connectivity index (χ2n) is 4.25. The van der Waals surface area contributed by atoms with Crippen molar-refractivity contribution in [1.29, 1.82) is 0 Å². The lowest BCUT2D eigenvalue weighted by atomic mass is 10.1. The van der Waals surface area contributed by atoms with Crippen molar-refractivity contribution in [1.82, 2.24) is 10.3 Å². The normalized spacial score (nSPS) is 23.6. The molecule has 1 aliphatic rings. The van der Waals surface area contributed by atoms with Crippen molar-refractivity contribution < 1.29 is 14.7 Å². The Kier molecular flexibility index (Phi) is 3.51. The number of hydrogen-bond acceptors (Lipinski definition) is 2. The van der Waals surface area contributed by atoms with E-state index in [9.17, 15) is 9.59 Å². The summed E-state index contributed by atoms with van der Waals surface area (Å²) in [4.78, 5) is 25.4. The zero-order valence-electron chi connectivity index (χ0n) is 9.07. The van der Waals surface area contributed by atoms with E-state index < -0.39 is 5.97 Å². The van der Waals surface area contributed by atoms with E-state index in [1.165, 1.54) is 0 Å². The second-order valence-corrected chi connectivity index (χ2v) is 5.17. The molecular formula is C11H13BrN2O3. The molecule has 17 heavy (non-hydrogen) atoms. The summed E-state index contributed by atoms with van der Waals surface area (Å²) in [7, 11) is 0. The van der Waals surface area contributed by atoms with Crippen molar-refractivity contribution in [2.45, 2.75) is 25.3 Å². The standard InChI is InChI=1S/C11H13BrN2O3/c12-7-4-9(13-5-7)10(15)14-8-2-1-6(3-8)11(16)17/h4-6,8,13H,1-3H2,(H,14,15)(H,16,17)/t6-,8+/m1/s1. The minimum atomic E-state index is -0.774. The third kappa shape index (κ3) is 2.88. The summed E-state index contributed by atoms with van der Waals surface area (Å²) in [5.74, 6) is -1.29. The summed E-state index contributed by atoms with van der Waals surface area (Å²) >= 11 is 3.25. The highest BCUT2D eigenvalue weighted by Gasteiger charge is 2.30. The average molecular weight is 301 g/mol. The number of H-pyrrole nitrogens is 1. The summed E-state index contributed by atoms with van der Waals surface area (Å²) < 4.78 is 0.817. The van der Waals surface area contributed by atoms with Gasteiger partial charge in [-0.2, -0.15) is 0 Å². The number of nitrogens with one attached hydrogen (secondary N) is 2. The minimum Gasteiger partial charge on any atom is -0.481 e. The number of halogens is 1. The molecular weight excluding hydrogens is 288 g/mol. The van der Waals surface area contributed by atoms with Gasteiger partial charge in [0.2, 0.25) is 0 Å². The number of carboxylic acid groups (broad SMARTS) is 1. The monoisotopic (exact) mass is 300 g/mol. The molecule has 0 spiro atoms. The number of rotatable bonds is 3. The van der Waals surface area contributed by atoms with Crippen LogP contribution in [0.3, 0.4) is 0 Å². The molecule has 0 bridgehead atoms. The van der Waals surface area contributed by atoms with E-state index in [-0.39, 0.29) is 17.9 Å². The van der Waals surface area contributed by atoms with Gasteiger partial charge in [-0.15, -0.1) is 0 Å². The Hall–Kier alpha value is -1.30. The Labute approximate surface area is 107 Å². The second kappa shape index (κ2) is 4.91. The molecule has 0 aromatic carbocycles. The van der Waals surface area contributed by atoms with Crippen molar-refractivity contribution in [2.75, 3.05) is 0 Å². The fourth-order valence-corrected chi connectivity index (χ4v) is 2.44. The van der Waals surface area contributed by atoms with Gasteiger partial charge in [-0.1, -0.05) is 0 Å². The largest absolute Gasteiger partial charge is 0.481 e. The quantitative estimate of drug-likeness (QED) is 0.795. The Balaban J connectivity index is 1.90. The van der Waals surface area contributed by atoms with Crippen molar-refractivity contribution in [3.63, 3.8) is 0 Å². The van der Waals surface area contributed by atoms with Gasteiger partial charge in [0.05, 0.1) is 5.92 Å².